The van der Waals surface area contributed by atoms with Gasteiger partial charge in [-0.1, -0.05) is 0 Å². The molecule has 0 spiro atoms. The molecule has 0 saturated heterocycles. The van der Waals surface area contributed by atoms with Crippen LogP contribution in [0, 0.1) is 0 Å². The highest BCUT2D eigenvalue weighted by Crippen LogP contribution is 2.16. The second kappa shape index (κ2) is 7.98. The quantitative estimate of drug-likeness (QED) is 0.675. The Hall–Kier alpha value is -3.23. The van der Waals surface area contributed by atoms with Crippen molar-refractivity contribution in [2.75, 3.05) is 19.7 Å². The van der Waals surface area contributed by atoms with Crippen molar-refractivity contribution in [3.8, 4) is 0 Å². The van der Waals surface area contributed by atoms with Gasteiger partial charge in [0.25, 0.3) is 11.5 Å². The molecule has 1 aliphatic rings. The smallest absolute Gasteiger partial charge is 0.338 e. The monoisotopic (exact) mass is 372 g/mol. The normalized spacial score (nSPS) is 12.5. The van der Waals surface area contributed by atoms with E-state index < -0.39 is 18.5 Å². The second-order valence-corrected chi connectivity index (χ2v) is 6.13. The van der Waals surface area contributed by atoms with Crippen LogP contribution < -0.4 is 16.2 Å². The van der Waals surface area contributed by atoms with E-state index in [0.717, 1.165) is 12.8 Å². The Balaban J connectivity index is 1.64. The van der Waals surface area contributed by atoms with Gasteiger partial charge >= 0.3 is 5.97 Å². The van der Waals surface area contributed by atoms with Crippen molar-refractivity contribution in [1.29, 1.82) is 0 Å². The maximum Gasteiger partial charge on any atom is 0.338 e. The van der Waals surface area contributed by atoms with Crippen LogP contribution in [-0.2, 0) is 27.3 Å². The van der Waals surface area contributed by atoms with Gasteiger partial charge in [-0.15, -0.1) is 0 Å². The van der Waals surface area contributed by atoms with E-state index in [1.165, 1.54) is 12.1 Å². The highest BCUT2D eigenvalue weighted by atomic mass is 16.5. The Bertz CT molecular complexity index is 966. The lowest BCUT2D eigenvalue weighted by molar-refractivity contribution is -0.127. The van der Waals surface area contributed by atoms with Gasteiger partial charge in [-0.05, 0) is 31.5 Å². The SMILES string of the molecule is CCNC(=O)CNC(=O)COC(=O)c1ccc2c(=O)n3c(nc2c1)CCC3. The average Bonchev–Trinajstić information content (AvgIpc) is 3.13. The molecule has 142 valence electrons. The fourth-order valence-corrected chi connectivity index (χ4v) is 2.91. The summed E-state index contributed by atoms with van der Waals surface area (Å²) in [5.74, 6) is -0.892. The van der Waals surface area contributed by atoms with Gasteiger partial charge in [-0.25, -0.2) is 9.78 Å². The Morgan fingerprint density at radius 3 is 2.81 bits per heavy atom. The number of aromatic nitrogens is 2. The molecule has 2 amide bonds. The maximum atomic E-state index is 12.4. The van der Waals surface area contributed by atoms with Crippen LogP contribution in [0.2, 0.25) is 0 Å². The van der Waals surface area contributed by atoms with Gasteiger partial charge in [0.15, 0.2) is 6.61 Å². The lowest BCUT2D eigenvalue weighted by Crippen LogP contribution is -2.38. The molecule has 0 atom stereocenters. The topological polar surface area (TPSA) is 119 Å². The zero-order valence-corrected chi connectivity index (χ0v) is 14.9. The average molecular weight is 372 g/mol. The number of benzene rings is 1. The first-order valence-electron chi connectivity index (χ1n) is 8.73. The van der Waals surface area contributed by atoms with Crippen LogP contribution >= 0.6 is 0 Å². The minimum atomic E-state index is -0.701. The molecular formula is C18H20N4O5. The summed E-state index contributed by atoms with van der Waals surface area (Å²) in [5.41, 5.74) is 0.523. The zero-order chi connectivity index (χ0) is 19.4. The van der Waals surface area contributed by atoms with Crippen molar-refractivity contribution in [2.24, 2.45) is 0 Å². The molecule has 0 saturated carbocycles. The number of carbonyl (C=O) groups excluding carboxylic acids is 3. The number of nitrogens with zero attached hydrogens (tertiary/aromatic N) is 2. The van der Waals surface area contributed by atoms with Crippen LogP contribution in [0.4, 0.5) is 0 Å². The van der Waals surface area contributed by atoms with Gasteiger partial charge in [0.2, 0.25) is 5.91 Å². The van der Waals surface area contributed by atoms with Gasteiger partial charge in [-0.2, -0.15) is 0 Å². The van der Waals surface area contributed by atoms with Gasteiger partial charge in [0, 0.05) is 19.5 Å². The Labute approximate surface area is 154 Å². The first kappa shape index (κ1) is 18.6. The van der Waals surface area contributed by atoms with Crippen LogP contribution in [0.5, 0.6) is 0 Å². The van der Waals surface area contributed by atoms with Crippen molar-refractivity contribution >= 4 is 28.7 Å². The van der Waals surface area contributed by atoms with Gasteiger partial charge in [0.1, 0.15) is 5.82 Å². The van der Waals surface area contributed by atoms with E-state index in [2.05, 4.69) is 15.6 Å². The number of amides is 2. The van der Waals surface area contributed by atoms with E-state index in [1.54, 1.807) is 17.6 Å². The molecule has 0 aliphatic carbocycles. The zero-order valence-electron chi connectivity index (χ0n) is 14.9. The molecule has 0 radical (unpaired) electrons. The summed E-state index contributed by atoms with van der Waals surface area (Å²) in [6.45, 7) is 2.21. The molecular weight excluding hydrogens is 352 g/mol. The number of hydrogen-bond donors (Lipinski definition) is 2. The third kappa shape index (κ3) is 4.13. The first-order chi connectivity index (χ1) is 13.0. The number of ether oxygens (including phenoxy) is 1. The molecule has 2 heterocycles. The van der Waals surface area contributed by atoms with Gasteiger partial charge in [-0.3, -0.25) is 19.0 Å². The van der Waals surface area contributed by atoms with E-state index in [4.69, 9.17) is 4.74 Å². The third-order valence-corrected chi connectivity index (χ3v) is 4.21. The summed E-state index contributed by atoms with van der Waals surface area (Å²) in [7, 11) is 0. The van der Waals surface area contributed by atoms with E-state index in [9.17, 15) is 19.2 Å². The standard InChI is InChI=1S/C18H20N4O5/c1-2-19-15(23)9-20-16(24)10-27-18(26)11-5-6-12-13(8-11)21-14-4-3-7-22(14)17(12)25/h5-6,8H,2-4,7,9-10H2,1H3,(H,19,23)(H,20,24). The summed E-state index contributed by atoms with van der Waals surface area (Å²) in [5, 5.41) is 5.33. The molecule has 9 heteroatoms. The van der Waals surface area contributed by atoms with Crippen molar-refractivity contribution in [2.45, 2.75) is 26.3 Å². The van der Waals surface area contributed by atoms with E-state index in [1.807, 2.05) is 0 Å². The van der Waals surface area contributed by atoms with E-state index in [-0.39, 0.29) is 23.6 Å². The van der Waals surface area contributed by atoms with Crippen LogP contribution in [0.1, 0.15) is 29.5 Å². The lowest BCUT2D eigenvalue weighted by atomic mass is 10.1. The number of nitrogens with one attached hydrogen (secondary N) is 2. The summed E-state index contributed by atoms with van der Waals surface area (Å²) >= 11 is 0. The highest BCUT2D eigenvalue weighted by Gasteiger charge is 2.18. The Morgan fingerprint density at radius 2 is 2.04 bits per heavy atom. The number of esters is 1. The number of hydrogen-bond acceptors (Lipinski definition) is 6. The fraction of sp³-hybridized carbons (Fsp3) is 0.389. The van der Waals surface area contributed by atoms with Crippen LogP contribution in [-0.4, -0.2) is 47.0 Å². The number of likely N-dealkylation sites (N-methyl/N-ethyl adjacent to an activating group) is 1. The molecule has 1 aromatic heterocycles. The van der Waals surface area contributed by atoms with Crippen LogP contribution in [0.15, 0.2) is 23.0 Å². The molecule has 1 aliphatic heterocycles. The minimum absolute atomic E-state index is 0.114. The molecule has 1 aromatic carbocycles. The fourth-order valence-electron chi connectivity index (χ4n) is 2.91. The summed E-state index contributed by atoms with van der Waals surface area (Å²) in [6.07, 6.45) is 1.60. The lowest BCUT2D eigenvalue weighted by Gasteiger charge is -2.08. The third-order valence-electron chi connectivity index (χ3n) is 4.21. The largest absolute Gasteiger partial charge is 0.452 e. The van der Waals surface area contributed by atoms with Gasteiger partial charge in [0.05, 0.1) is 23.0 Å². The molecule has 0 unspecified atom stereocenters. The minimum Gasteiger partial charge on any atom is -0.452 e. The predicted molar refractivity (Wildman–Crippen MR) is 96.3 cm³/mol. The van der Waals surface area contributed by atoms with Gasteiger partial charge < -0.3 is 15.4 Å². The molecule has 0 fully saturated rings. The summed E-state index contributed by atoms with van der Waals surface area (Å²) < 4.78 is 6.61. The maximum absolute atomic E-state index is 12.4. The number of rotatable bonds is 6. The molecule has 0 bridgehead atoms. The molecule has 9 nitrogen and oxygen atoms in total. The van der Waals surface area contributed by atoms with Crippen molar-refractivity contribution in [3.63, 3.8) is 0 Å². The molecule has 3 rings (SSSR count). The molecule has 2 aromatic rings. The summed E-state index contributed by atoms with van der Waals surface area (Å²) in [6, 6.07) is 4.51. The van der Waals surface area contributed by atoms with Crippen molar-refractivity contribution < 1.29 is 19.1 Å². The highest BCUT2D eigenvalue weighted by molar-refractivity contribution is 5.95. The molecule has 2 N–H and O–H groups in total. The van der Waals surface area contributed by atoms with Crippen molar-refractivity contribution in [1.82, 2.24) is 20.2 Å². The summed E-state index contributed by atoms with van der Waals surface area (Å²) in [4.78, 5) is 51.9. The molecule has 27 heavy (non-hydrogen) atoms. The second-order valence-electron chi connectivity index (χ2n) is 6.13. The van der Waals surface area contributed by atoms with Crippen LogP contribution in [0.25, 0.3) is 10.9 Å². The number of carbonyl (C=O) groups is 3. The first-order valence-corrected chi connectivity index (χ1v) is 8.73. The Morgan fingerprint density at radius 1 is 1.22 bits per heavy atom. The van der Waals surface area contributed by atoms with Crippen molar-refractivity contribution in [3.05, 3.63) is 39.9 Å². The number of aryl methyl sites for hydroxylation is 1. The van der Waals surface area contributed by atoms with E-state index >= 15 is 0 Å². The van der Waals surface area contributed by atoms with E-state index in [0.29, 0.717) is 29.8 Å². The number of fused-ring (bicyclic) bond motifs is 2. The van der Waals surface area contributed by atoms with Crippen LogP contribution in [0.3, 0.4) is 0 Å². The Kier molecular flexibility index (Phi) is 5.49. The predicted octanol–water partition coefficient (Wildman–Crippen LogP) is -0.248.